The Balaban J connectivity index is 1.34. The fraction of sp³-hybridized carbons (Fsp3) is 0.714. The lowest BCUT2D eigenvalue weighted by molar-refractivity contribution is 0.102. The number of H-pyrrole nitrogens is 1. The number of aromatic nitrogens is 3. The van der Waals surface area contributed by atoms with Crippen LogP contribution in [0, 0.1) is 11.3 Å². The van der Waals surface area contributed by atoms with Crippen LogP contribution in [0.3, 0.4) is 0 Å². The van der Waals surface area contributed by atoms with E-state index in [0.717, 1.165) is 42.5 Å². The summed E-state index contributed by atoms with van der Waals surface area (Å²) in [4.78, 5) is 14.0. The molecule has 2 aromatic rings. The molecule has 2 fully saturated rings. The van der Waals surface area contributed by atoms with E-state index < -0.39 is 15.4 Å². The van der Waals surface area contributed by atoms with Gasteiger partial charge in [0, 0.05) is 44.4 Å². The number of nitrogens with one attached hydrogen (secondary N) is 1. The van der Waals surface area contributed by atoms with Crippen molar-refractivity contribution < 1.29 is 18.6 Å². The van der Waals surface area contributed by atoms with Gasteiger partial charge in [-0.2, -0.15) is 0 Å². The van der Waals surface area contributed by atoms with Crippen molar-refractivity contribution in [2.75, 3.05) is 44.0 Å². The third kappa shape index (κ3) is 4.57. The molecule has 1 atom stereocenters. The molecule has 0 aromatic carbocycles. The maximum atomic E-state index is 13.0. The van der Waals surface area contributed by atoms with Gasteiger partial charge in [0.25, 0.3) is 0 Å². The number of aliphatic hydroxyl groups excluding tert-OH is 2. The molecule has 0 amide bonds. The molecule has 3 N–H and O–H groups in total. The molecule has 2 aromatic heterocycles. The Morgan fingerprint density at radius 1 is 1.26 bits per heavy atom. The van der Waals surface area contributed by atoms with Gasteiger partial charge in [-0.05, 0) is 50.5 Å². The number of hydrogen-bond acceptors (Lipinski definition) is 7. The largest absolute Gasteiger partial charge is 0.396 e. The quantitative estimate of drug-likeness (QED) is 0.554. The SMILES string of the molecule is CN(c1ncnc2[nH]ccc12)C1CCC(CS(=O)(=O)N2CCC(CO)(CCO)C2)CC1. The molecular formula is C21H33N5O4S. The molecule has 9 nitrogen and oxygen atoms in total. The Labute approximate surface area is 183 Å². The van der Waals surface area contributed by atoms with Gasteiger partial charge >= 0.3 is 0 Å². The van der Waals surface area contributed by atoms with Crippen molar-refractivity contribution in [2.24, 2.45) is 11.3 Å². The molecule has 3 heterocycles. The molecular weight excluding hydrogens is 418 g/mol. The lowest BCUT2D eigenvalue weighted by Crippen LogP contribution is -2.40. The Morgan fingerprint density at radius 2 is 2.03 bits per heavy atom. The first-order valence-corrected chi connectivity index (χ1v) is 12.7. The molecule has 0 bridgehead atoms. The number of rotatable bonds is 8. The highest BCUT2D eigenvalue weighted by Gasteiger charge is 2.42. The van der Waals surface area contributed by atoms with Gasteiger partial charge < -0.3 is 20.1 Å². The van der Waals surface area contributed by atoms with E-state index >= 15 is 0 Å². The van der Waals surface area contributed by atoms with Gasteiger partial charge in [-0.3, -0.25) is 0 Å². The number of nitrogens with zero attached hydrogens (tertiary/aromatic N) is 4. The molecule has 172 valence electrons. The Morgan fingerprint density at radius 3 is 2.74 bits per heavy atom. The van der Waals surface area contributed by atoms with E-state index in [-0.39, 0.29) is 24.9 Å². The van der Waals surface area contributed by atoms with Crippen molar-refractivity contribution >= 4 is 26.9 Å². The normalized spacial score (nSPS) is 27.7. The van der Waals surface area contributed by atoms with Crippen molar-refractivity contribution in [3.8, 4) is 0 Å². The molecule has 2 aliphatic rings. The summed E-state index contributed by atoms with van der Waals surface area (Å²) in [5.74, 6) is 1.22. The zero-order chi connectivity index (χ0) is 22.1. The molecule has 1 aliphatic heterocycles. The highest BCUT2D eigenvalue weighted by Crippen LogP contribution is 2.37. The minimum atomic E-state index is -3.37. The van der Waals surface area contributed by atoms with Crippen LogP contribution < -0.4 is 4.90 Å². The second-order valence-corrected chi connectivity index (χ2v) is 11.2. The van der Waals surface area contributed by atoms with Crippen molar-refractivity contribution in [3.05, 3.63) is 18.6 Å². The molecule has 0 radical (unpaired) electrons. The van der Waals surface area contributed by atoms with Gasteiger partial charge in [0.2, 0.25) is 10.0 Å². The first-order chi connectivity index (χ1) is 14.9. The summed E-state index contributed by atoms with van der Waals surface area (Å²) in [6.45, 7) is 0.619. The van der Waals surface area contributed by atoms with E-state index in [1.165, 1.54) is 4.31 Å². The third-order valence-electron chi connectivity index (χ3n) is 7.25. The number of aliphatic hydroxyl groups is 2. The van der Waals surface area contributed by atoms with Gasteiger partial charge in [-0.1, -0.05) is 0 Å². The topological polar surface area (TPSA) is 123 Å². The highest BCUT2D eigenvalue weighted by atomic mass is 32.2. The minimum Gasteiger partial charge on any atom is -0.396 e. The number of fused-ring (bicyclic) bond motifs is 1. The van der Waals surface area contributed by atoms with E-state index in [1.54, 1.807) is 6.33 Å². The van der Waals surface area contributed by atoms with Gasteiger partial charge in [0.1, 0.15) is 17.8 Å². The van der Waals surface area contributed by atoms with E-state index in [0.29, 0.717) is 32.0 Å². The third-order valence-corrected chi connectivity index (χ3v) is 9.24. The fourth-order valence-corrected chi connectivity index (χ4v) is 7.18. The van der Waals surface area contributed by atoms with Crippen LogP contribution >= 0.6 is 0 Å². The monoisotopic (exact) mass is 451 g/mol. The van der Waals surface area contributed by atoms with Crippen LogP contribution in [0.15, 0.2) is 18.6 Å². The number of hydrogen-bond donors (Lipinski definition) is 3. The molecule has 0 spiro atoms. The first-order valence-electron chi connectivity index (χ1n) is 11.1. The number of aromatic amines is 1. The van der Waals surface area contributed by atoms with Gasteiger partial charge in [-0.15, -0.1) is 0 Å². The Bertz CT molecular complexity index is 989. The van der Waals surface area contributed by atoms with E-state index in [4.69, 9.17) is 0 Å². The first kappa shape index (κ1) is 22.4. The van der Waals surface area contributed by atoms with Crippen LogP contribution in [0.1, 0.15) is 38.5 Å². The molecule has 1 unspecified atom stereocenters. The van der Waals surface area contributed by atoms with Crippen LogP contribution in [0.4, 0.5) is 5.82 Å². The molecule has 10 heteroatoms. The highest BCUT2D eigenvalue weighted by molar-refractivity contribution is 7.89. The van der Waals surface area contributed by atoms with Gasteiger partial charge in [0.15, 0.2) is 0 Å². The van der Waals surface area contributed by atoms with Crippen LogP contribution in [0.25, 0.3) is 11.0 Å². The molecule has 1 saturated carbocycles. The van der Waals surface area contributed by atoms with Crippen molar-refractivity contribution in [1.29, 1.82) is 0 Å². The predicted molar refractivity (Wildman–Crippen MR) is 119 cm³/mol. The summed E-state index contributed by atoms with van der Waals surface area (Å²) >= 11 is 0. The van der Waals surface area contributed by atoms with Gasteiger partial charge in [0.05, 0.1) is 17.7 Å². The van der Waals surface area contributed by atoms with Crippen molar-refractivity contribution in [3.63, 3.8) is 0 Å². The van der Waals surface area contributed by atoms with Gasteiger partial charge in [-0.25, -0.2) is 22.7 Å². The molecule has 4 rings (SSSR count). The maximum absolute atomic E-state index is 13.0. The average molecular weight is 452 g/mol. The van der Waals surface area contributed by atoms with Crippen LogP contribution in [-0.2, 0) is 10.0 Å². The molecule has 1 aliphatic carbocycles. The molecule has 1 saturated heterocycles. The van der Waals surface area contributed by atoms with Crippen molar-refractivity contribution in [2.45, 2.75) is 44.6 Å². The number of anilines is 1. The minimum absolute atomic E-state index is 0.0344. The standard InChI is InChI=1S/C21H33N5O4S/c1-25(20-18-6-9-22-19(18)23-15-24-20)17-4-2-16(3-5-17)12-31(29,30)26-10-7-21(13-26,14-28)8-11-27/h6,9,15-17,27-28H,2-5,7-8,10-14H2,1H3,(H,22,23,24). The Hall–Kier alpha value is -1.75. The zero-order valence-electron chi connectivity index (χ0n) is 18.1. The summed E-state index contributed by atoms with van der Waals surface area (Å²) in [6, 6.07) is 2.31. The van der Waals surface area contributed by atoms with E-state index in [1.807, 2.05) is 12.3 Å². The smallest absolute Gasteiger partial charge is 0.214 e. The summed E-state index contributed by atoms with van der Waals surface area (Å²) in [5, 5.41) is 20.0. The predicted octanol–water partition coefficient (Wildman–Crippen LogP) is 1.35. The van der Waals surface area contributed by atoms with Crippen molar-refractivity contribution in [1.82, 2.24) is 19.3 Å². The summed E-state index contributed by atoms with van der Waals surface area (Å²) < 4.78 is 27.6. The Kier molecular flexibility index (Phi) is 6.52. The summed E-state index contributed by atoms with van der Waals surface area (Å²) in [6.07, 6.45) is 8.06. The van der Waals surface area contributed by atoms with Crippen LogP contribution in [0.2, 0.25) is 0 Å². The molecule has 31 heavy (non-hydrogen) atoms. The lowest BCUT2D eigenvalue weighted by Gasteiger charge is -2.36. The zero-order valence-corrected chi connectivity index (χ0v) is 18.9. The second-order valence-electron chi connectivity index (χ2n) is 9.22. The second kappa shape index (κ2) is 9.01. The van der Waals surface area contributed by atoms with Crippen LogP contribution in [0.5, 0.6) is 0 Å². The fourth-order valence-electron chi connectivity index (χ4n) is 5.20. The summed E-state index contributed by atoms with van der Waals surface area (Å²) in [5.41, 5.74) is 0.325. The van der Waals surface area contributed by atoms with E-state index in [2.05, 4.69) is 26.9 Å². The average Bonchev–Trinajstić information content (AvgIpc) is 3.42. The van der Waals surface area contributed by atoms with E-state index in [9.17, 15) is 18.6 Å². The maximum Gasteiger partial charge on any atom is 0.214 e. The lowest BCUT2D eigenvalue weighted by atomic mass is 9.85. The number of sulfonamides is 1. The summed E-state index contributed by atoms with van der Waals surface area (Å²) in [7, 11) is -1.32. The van der Waals surface area contributed by atoms with Crippen LogP contribution in [-0.4, -0.2) is 83.0 Å².